The van der Waals surface area contributed by atoms with Crippen molar-refractivity contribution in [1.29, 1.82) is 0 Å². The van der Waals surface area contributed by atoms with Crippen molar-refractivity contribution < 1.29 is 0 Å². The summed E-state index contributed by atoms with van der Waals surface area (Å²) in [6, 6.07) is 4.25. The Bertz CT molecular complexity index is 419. The number of hydrogen-bond donors (Lipinski definition) is 1. The Labute approximate surface area is 99.9 Å². The van der Waals surface area contributed by atoms with E-state index in [0.717, 1.165) is 24.9 Å². The molecule has 0 aliphatic rings. The van der Waals surface area contributed by atoms with Crippen LogP contribution < -0.4 is 5.73 Å². The fourth-order valence-electron chi connectivity index (χ4n) is 1.69. The first kappa shape index (κ1) is 11.4. The van der Waals surface area contributed by atoms with Crippen LogP contribution in [0.3, 0.4) is 0 Å². The molecule has 86 valence electrons. The molecule has 0 saturated carbocycles. The van der Waals surface area contributed by atoms with E-state index in [1.54, 1.807) is 11.3 Å². The lowest BCUT2D eigenvalue weighted by Gasteiger charge is -2.07. The molecule has 1 atom stereocenters. The molecule has 16 heavy (non-hydrogen) atoms. The normalized spacial score (nSPS) is 12.9. The molecule has 1 unspecified atom stereocenters. The summed E-state index contributed by atoms with van der Waals surface area (Å²) in [4.78, 5) is 1.33. The van der Waals surface area contributed by atoms with E-state index in [4.69, 9.17) is 5.73 Å². The van der Waals surface area contributed by atoms with Crippen molar-refractivity contribution in [2.24, 2.45) is 5.73 Å². The number of aromatic nitrogens is 2. The van der Waals surface area contributed by atoms with Gasteiger partial charge in [-0.15, -0.1) is 11.3 Å². The average Bonchev–Trinajstić information content (AvgIpc) is 2.89. The van der Waals surface area contributed by atoms with Crippen molar-refractivity contribution in [3.05, 3.63) is 40.3 Å². The van der Waals surface area contributed by atoms with E-state index in [-0.39, 0.29) is 6.04 Å². The van der Waals surface area contributed by atoms with Gasteiger partial charge in [-0.3, -0.25) is 4.68 Å². The summed E-state index contributed by atoms with van der Waals surface area (Å²) in [6.45, 7) is 3.11. The Morgan fingerprint density at radius 1 is 1.56 bits per heavy atom. The predicted octanol–water partition coefficient (Wildman–Crippen LogP) is 2.60. The maximum atomic E-state index is 6.15. The summed E-state index contributed by atoms with van der Waals surface area (Å²) in [7, 11) is 0. The van der Waals surface area contributed by atoms with E-state index < -0.39 is 0 Å². The Morgan fingerprint density at radius 2 is 2.44 bits per heavy atom. The average molecular weight is 235 g/mol. The van der Waals surface area contributed by atoms with Crippen molar-refractivity contribution >= 4 is 11.3 Å². The van der Waals surface area contributed by atoms with Crippen molar-refractivity contribution in [3.8, 4) is 0 Å². The SMILES string of the molecule is CCCn1cc(C(N)Cc2cccs2)cn1. The third-order valence-electron chi connectivity index (χ3n) is 2.54. The summed E-state index contributed by atoms with van der Waals surface area (Å²) >= 11 is 1.76. The summed E-state index contributed by atoms with van der Waals surface area (Å²) in [5, 5.41) is 6.38. The van der Waals surface area contributed by atoms with Crippen LogP contribution in [0.5, 0.6) is 0 Å². The second-order valence-corrected chi connectivity index (χ2v) is 4.96. The van der Waals surface area contributed by atoms with E-state index in [1.807, 2.05) is 10.9 Å². The molecule has 2 aromatic heterocycles. The molecule has 2 heterocycles. The molecule has 0 aromatic carbocycles. The van der Waals surface area contributed by atoms with Crippen molar-refractivity contribution in [2.75, 3.05) is 0 Å². The highest BCUT2D eigenvalue weighted by atomic mass is 32.1. The summed E-state index contributed by atoms with van der Waals surface area (Å²) in [5.74, 6) is 0. The molecule has 0 aliphatic heterocycles. The number of nitrogens with two attached hydrogens (primary N) is 1. The van der Waals surface area contributed by atoms with Gasteiger partial charge in [0.15, 0.2) is 0 Å². The quantitative estimate of drug-likeness (QED) is 0.865. The number of thiophene rings is 1. The van der Waals surface area contributed by atoms with Crippen LogP contribution in [-0.2, 0) is 13.0 Å². The fourth-order valence-corrected chi connectivity index (χ4v) is 2.45. The first-order valence-corrected chi connectivity index (χ1v) is 6.48. The molecule has 0 aliphatic carbocycles. The molecule has 0 amide bonds. The second-order valence-electron chi connectivity index (χ2n) is 3.93. The molecule has 0 bridgehead atoms. The van der Waals surface area contributed by atoms with Gasteiger partial charge in [-0.2, -0.15) is 5.10 Å². The van der Waals surface area contributed by atoms with Gasteiger partial charge < -0.3 is 5.73 Å². The number of rotatable bonds is 5. The van der Waals surface area contributed by atoms with Gasteiger partial charge in [0.2, 0.25) is 0 Å². The molecule has 0 spiro atoms. The topological polar surface area (TPSA) is 43.8 Å². The number of nitrogens with zero attached hydrogens (tertiary/aromatic N) is 2. The lowest BCUT2D eigenvalue weighted by Crippen LogP contribution is -2.11. The van der Waals surface area contributed by atoms with Gasteiger partial charge in [-0.05, 0) is 17.9 Å². The lowest BCUT2D eigenvalue weighted by molar-refractivity contribution is 0.601. The zero-order chi connectivity index (χ0) is 11.4. The maximum absolute atomic E-state index is 6.15. The van der Waals surface area contributed by atoms with Gasteiger partial charge >= 0.3 is 0 Å². The van der Waals surface area contributed by atoms with Gasteiger partial charge in [0.25, 0.3) is 0 Å². The molecule has 0 radical (unpaired) electrons. The summed E-state index contributed by atoms with van der Waals surface area (Å²) in [5.41, 5.74) is 7.28. The molecule has 0 saturated heterocycles. The third kappa shape index (κ3) is 2.71. The summed E-state index contributed by atoms with van der Waals surface area (Å²) in [6.07, 6.45) is 5.94. The van der Waals surface area contributed by atoms with Gasteiger partial charge in [0.05, 0.1) is 6.20 Å². The molecule has 0 fully saturated rings. The van der Waals surface area contributed by atoms with Gasteiger partial charge in [-0.25, -0.2) is 0 Å². The Hall–Kier alpha value is -1.13. The summed E-state index contributed by atoms with van der Waals surface area (Å²) < 4.78 is 1.96. The number of aryl methyl sites for hydroxylation is 1. The van der Waals surface area contributed by atoms with E-state index in [0.29, 0.717) is 0 Å². The highest BCUT2D eigenvalue weighted by Gasteiger charge is 2.09. The van der Waals surface area contributed by atoms with Crippen LogP contribution in [0.2, 0.25) is 0 Å². The minimum absolute atomic E-state index is 0.0595. The molecule has 2 N–H and O–H groups in total. The van der Waals surface area contributed by atoms with Crippen LogP contribution in [0, 0.1) is 0 Å². The fraction of sp³-hybridized carbons (Fsp3) is 0.417. The van der Waals surface area contributed by atoms with Gasteiger partial charge in [-0.1, -0.05) is 13.0 Å². The maximum Gasteiger partial charge on any atom is 0.0537 e. The van der Waals surface area contributed by atoms with Crippen LogP contribution in [0.15, 0.2) is 29.9 Å². The second kappa shape index (κ2) is 5.27. The largest absolute Gasteiger partial charge is 0.324 e. The smallest absolute Gasteiger partial charge is 0.0537 e. The Morgan fingerprint density at radius 3 is 3.12 bits per heavy atom. The molecule has 4 heteroatoms. The molecular formula is C12H17N3S. The van der Waals surface area contributed by atoms with Crippen LogP contribution in [0.25, 0.3) is 0 Å². The standard InChI is InChI=1S/C12H17N3S/c1-2-5-15-9-10(8-14-15)12(13)7-11-4-3-6-16-11/h3-4,6,8-9,12H,2,5,7,13H2,1H3. The first-order valence-electron chi connectivity index (χ1n) is 5.60. The van der Waals surface area contributed by atoms with Crippen molar-refractivity contribution in [2.45, 2.75) is 32.4 Å². The van der Waals surface area contributed by atoms with E-state index in [9.17, 15) is 0 Å². The molecule has 3 nitrogen and oxygen atoms in total. The molecule has 2 aromatic rings. The molecule has 2 rings (SSSR count). The third-order valence-corrected chi connectivity index (χ3v) is 3.43. The van der Waals surface area contributed by atoms with Crippen LogP contribution >= 0.6 is 11.3 Å². The molecular weight excluding hydrogens is 218 g/mol. The highest BCUT2D eigenvalue weighted by molar-refractivity contribution is 7.09. The highest BCUT2D eigenvalue weighted by Crippen LogP contribution is 2.18. The van der Waals surface area contributed by atoms with Gasteiger partial charge in [0, 0.05) is 35.6 Å². The predicted molar refractivity (Wildman–Crippen MR) is 67.5 cm³/mol. The Balaban J connectivity index is 2.00. The number of hydrogen-bond acceptors (Lipinski definition) is 3. The van der Waals surface area contributed by atoms with Crippen molar-refractivity contribution in [1.82, 2.24) is 9.78 Å². The van der Waals surface area contributed by atoms with Crippen LogP contribution in [0.1, 0.15) is 29.8 Å². The minimum Gasteiger partial charge on any atom is -0.324 e. The van der Waals surface area contributed by atoms with Crippen LogP contribution in [-0.4, -0.2) is 9.78 Å². The van der Waals surface area contributed by atoms with Crippen molar-refractivity contribution in [3.63, 3.8) is 0 Å². The minimum atomic E-state index is 0.0595. The monoisotopic (exact) mass is 235 g/mol. The van der Waals surface area contributed by atoms with E-state index in [2.05, 4.69) is 35.7 Å². The zero-order valence-electron chi connectivity index (χ0n) is 9.47. The zero-order valence-corrected chi connectivity index (χ0v) is 10.3. The Kier molecular flexibility index (Phi) is 3.74. The van der Waals surface area contributed by atoms with Crippen LogP contribution in [0.4, 0.5) is 0 Å². The van der Waals surface area contributed by atoms with Gasteiger partial charge in [0.1, 0.15) is 0 Å². The van der Waals surface area contributed by atoms with E-state index in [1.165, 1.54) is 4.88 Å². The first-order chi connectivity index (χ1) is 7.79. The van der Waals surface area contributed by atoms with E-state index >= 15 is 0 Å². The lowest BCUT2D eigenvalue weighted by atomic mass is 10.1.